The van der Waals surface area contributed by atoms with Crippen LogP contribution in [0.3, 0.4) is 0 Å². The van der Waals surface area contributed by atoms with Gasteiger partial charge in [0, 0.05) is 5.56 Å². The number of carbonyl (C=O) groups is 1. The number of hydrogen-bond donors (Lipinski definition) is 2. The number of nitrogens with one attached hydrogen (secondary N) is 1. The lowest BCUT2D eigenvalue weighted by molar-refractivity contribution is 0.175. The Morgan fingerprint density at radius 3 is 2.63 bits per heavy atom. The Morgan fingerprint density at radius 2 is 2.04 bits per heavy atom. The van der Waals surface area contributed by atoms with E-state index in [1.54, 1.807) is 26.2 Å². The minimum atomic E-state index is -1.06. The van der Waals surface area contributed by atoms with Crippen molar-refractivity contribution in [2.45, 2.75) is 33.2 Å². The molecular weight excluding hydrogens is 349 g/mol. The van der Waals surface area contributed by atoms with Crippen LogP contribution in [0.2, 0.25) is 0 Å². The SMILES string of the molecule is CCOc1ccc(-c2cc3c(cc2OC)C(NC(=O)O)C(C)(C)C3)cc1F. The zero-order valence-electron chi connectivity index (χ0n) is 15.9. The van der Waals surface area contributed by atoms with E-state index in [1.807, 2.05) is 26.0 Å². The van der Waals surface area contributed by atoms with E-state index in [9.17, 15) is 14.3 Å². The molecule has 3 rings (SSSR count). The number of hydrogen-bond acceptors (Lipinski definition) is 3. The number of benzene rings is 2. The molecule has 6 heteroatoms. The summed E-state index contributed by atoms with van der Waals surface area (Å²) in [5.41, 5.74) is 3.11. The first kappa shape index (κ1) is 19.0. The smallest absolute Gasteiger partial charge is 0.405 e. The molecule has 2 aromatic carbocycles. The molecule has 1 unspecified atom stereocenters. The van der Waals surface area contributed by atoms with Crippen molar-refractivity contribution >= 4 is 6.09 Å². The first-order valence-electron chi connectivity index (χ1n) is 8.89. The van der Waals surface area contributed by atoms with Gasteiger partial charge in [-0.25, -0.2) is 9.18 Å². The van der Waals surface area contributed by atoms with Gasteiger partial charge in [-0.15, -0.1) is 0 Å². The zero-order chi connectivity index (χ0) is 19.8. The highest BCUT2D eigenvalue weighted by molar-refractivity contribution is 5.74. The lowest BCUT2D eigenvalue weighted by Crippen LogP contribution is -2.34. The molecule has 144 valence electrons. The molecule has 1 atom stereocenters. The fourth-order valence-corrected chi connectivity index (χ4v) is 3.81. The third-order valence-electron chi connectivity index (χ3n) is 5.01. The first-order valence-corrected chi connectivity index (χ1v) is 8.89. The molecule has 5 nitrogen and oxygen atoms in total. The van der Waals surface area contributed by atoms with Crippen molar-refractivity contribution in [1.82, 2.24) is 5.32 Å². The molecule has 0 fully saturated rings. The van der Waals surface area contributed by atoms with Gasteiger partial charge in [0.2, 0.25) is 0 Å². The fourth-order valence-electron chi connectivity index (χ4n) is 3.81. The monoisotopic (exact) mass is 373 g/mol. The molecule has 1 aliphatic rings. The maximum Gasteiger partial charge on any atom is 0.405 e. The molecule has 2 aromatic rings. The summed E-state index contributed by atoms with van der Waals surface area (Å²) in [6.45, 7) is 6.25. The minimum absolute atomic E-state index is 0.216. The Labute approximate surface area is 158 Å². The molecule has 0 saturated heterocycles. The predicted molar refractivity (Wildman–Crippen MR) is 101 cm³/mol. The van der Waals surface area contributed by atoms with Gasteiger partial charge in [0.25, 0.3) is 0 Å². The normalized spacial score (nSPS) is 17.3. The molecule has 0 aromatic heterocycles. The van der Waals surface area contributed by atoms with E-state index in [0.29, 0.717) is 24.3 Å². The highest BCUT2D eigenvalue weighted by Crippen LogP contribution is 2.48. The van der Waals surface area contributed by atoms with Crippen LogP contribution in [0, 0.1) is 11.2 Å². The minimum Gasteiger partial charge on any atom is -0.496 e. The highest BCUT2D eigenvalue weighted by Gasteiger charge is 2.40. The summed E-state index contributed by atoms with van der Waals surface area (Å²) in [7, 11) is 1.55. The van der Waals surface area contributed by atoms with Crippen molar-refractivity contribution in [3.05, 3.63) is 47.3 Å². The number of carboxylic acid groups (broad SMARTS) is 1. The topological polar surface area (TPSA) is 67.8 Å². The molecule has 1 aliphatic carbocycles. The van der Waals surface area contributed by atoms with Gasteiger partial charge in [-0.05, 0) is 59.7 Å². The first-order chi connectivity index (χ1) is 12.8. The van der Waals surface area contributed by atoms with Crippen LogP contribution in [-0.4, -0.2) is 24.9 Å². The van der Waals surface area contributed by atoms with E-state index in [2.05, 4.69) is 5.32 Å². The number of ether oxygens (including phenoxy) is 2. The number of rotatable bonds is 5. The van der Waals surface area contributed by atoms with Gasteiger partial charge in [0.15, 0.2) is 11.6 Å². The van der Waals surface area contributed by atoms with E-state index in [0.717, 1.165) is 16.7 Å². The van der Waals surface area contributed by atoms with Crippen LogP contribution in [0.15, 0.2) is 30.3 Å². The molecule has 0 aliphatic heterocycles. The van der Waals surface area contributed by atoms with E-state index in [1.165, 1.54) is 6.07 Å². The van der Waals surface area contributed by atoms with E-state index in [-0.39, 0.29) is 17.2 Å². The number of halogens is 1. The Kier molecular flexibility index (Phi) is 5.00. The molecule has 0 heterocycles. The van der Waals surface area contributed by atoms with E-state index in [4.69, 9.17) is 9.47 Å². The highest BCUT2D eigenvalue weighted by atomic mass is 19.1. The van der Waals surface area contributed by atoms with Crippen molar-refractivity contribution in [1.29, 1.82) is 0 Å². The van der Waals surface area contributed by atoms with E-state index < -0.39 is 11.9 Å². The summed E-state index contributed by atoms with van der Waals surface area (Å²) < 4.78 is 25.1. The predicted octanol–water partition coefficient (Wildman–Crippen LogP) is 4.79. The molecule has 1 amide bonds. The fraction of sp³-hybridized carbons (Fsp3) is 0.381. The lowest BCUT2D eigenvalue weighted by atomic mass is 9.85. The summed E-state index contributed by atoms with van der Waals surface area (Å²) in [4.78, 5) is 11.2. The van der Waals surface area contributed by atoms with Gasteiger partial charge in [-0.1, -0.05) is 19.9 Å². The van der Waals surface area contributed by atoms with Crippen molar-refractivity contribution in [2.24, 2.45) is 5.41 Å². The quantitative estimate of drug-likeness (QED) is 0.791. The second-order valence-electron chi connectivity index (χ2n) is 7.38. The average Bonchev–Trinajstić information content (AvgIpc) is 2.84. The Morgan fingerprint density at radius 1 is 1.30 bits per heavy atom. The molecule has 2 N–H and O–H groups in total. The second-order valence-corrected chi connectivity index (χ2v) is 7.38. The van der Waals surface area contributed by atoms with Crippen molar-refractivity contribution in [3.63, 3.8) is 0 Å². The molecule has 27 heavy (non-hydrogen) atoms. The van der Waals surface area contributed by atoms with Crippen LogP contribution in [0.1, 0.15) is 37.9 Å². The van der Waals surface area contributed by atoms with Gasteiger partial charge >= 0.3 is 6.09 Å². The van der Waals surface area contributed by atoms with Crippen molar-refractivity contribution in [3.8, 4) is 22.6 Å². The van der Waals surface area contributed by atoms with Gasteiger partial charge in [-0.2, -0.15) is 0 Å². The summed E-state index contributed by atoms with van der Waals surface area (Å²) in [6.07, 6.45) is -0.346. The Balaban J connectivity index is 2.07. The summed E-state index contributed by atoms with van der Waals surface area (Å²) in [5.74, 6) is 0.364. The maximum atomic E-state index is 14.3. The molecule has 0 bridgehead atoms. The average molecular weight is 373 g/mol. The van der Waals surface area contributed by atoms with Crippen LogP contribution in [-0.2, 0) is 6.42 Å². The largest absolute Gasteiger partial charge is 0.496 e. The van der Waals surface area contributed by atoms with Crippen LogP contribution in [0.4, 0.5) is 9.18 Å². The zero-order valence-corrected chi connectivity index (χ0v) is 15.9. The number of methoxy groups -OCH3 is 1. The number of amides is 1. The van der Waals surface area contributed by atoms with Crippen molar-refractivity contribution in [2.75, 3.05) is 13.7 Å². The molecular formula is C21H24FNO4. The standard InChI is InChI=1S/C21H24FNO4/c1-5-27-17-7-6-12(9-16(17)22)14-8-13-11-21(2,3)19(23-20(24)25)15(13)10-18(14)26-4/h6-10,19,23H,5,11H2,1-4H3,(H,24,25). The summed E-state index contributed by atoms with van der Waals surface area (Å²) in [5, 5.41) is 11.8. The molecule has 0 radical (unpaired) electrons. The van der Waals surface area contributed by atoms with Gasteiger partial charge < -0.3 is 19.9 Å². The number of fused-ring (bicyclic) bond motifs is 1. The maximum absolute atomic E-state index is 14.3. The van der Waals surface area contributed by atoms with E-state index >= 15 is 0 Å². The summed E-state index contributed by atoms with van der Waals surface area (Å²) in [6, 6.07) is 8.33. The van der Waals surface area contributed by atoms with Crippen molar-refractivity contribution < 1.29 is 23.8 Å². The molecule has 0 spiro atoms. The Hall–Kier alpha value is -2.76. The van der Waals surface area contributed by atoms with Gasteiger partial charge in [0.1, 0.15) is 5.75 Å². The Bertz CT molecular complexity index is 879. The van der Waals surface area contributed by atoms with Crippen LogP contribution in [0.5, 0.6) is 11.5 Å². The van der Waals surface area contributed by atoms with Gasteiger partial charge in [0.05, 0.1) is 19.8 Å². The van der Waals surface area contributed by atoms with Gasteiger partial charge in [-0.3, -0.25) is 0 Å². The van der Waals surface area contributed by atoms with Crippen LogP contribution >= 0.6 is 0 Å². The lowest BCUT2D eigenvalue weighted by Gasteiger charge is -2.27. The second kappa shape index (κ2) is 7.10. The summed E-state index contributed by atoms with van der Waals surface area (Å²) >= 11 is 0. The van der Waals surface area contributed by atoms with Crippen LogP contribution in [0.25, 0.3) is 11.1 Å². The third kappa shape index (κ3) is 3.56. The third-order valence-corrected chi connectivity index (χ3v) is 5.01. The molecule has 0 saturated carbocycles. The van der Waals surface area contributed by atoms with Crippen LogP contribution < -0.4 is 14.8 Å².